The molecule has 4 unspecified atom stereocenters. The molecule has 0 radical (unpaired) electrons. The first-order valence-corrected chi connectivity index (χ1v) is 18.7. The molecule has 5 nitrogen and oxygen atoms in total. The summed E-state index contributed by atoms with van der Waals surface area (Å²) in [5.74, 6) is -3.41. The topological polar surface area (TPSA) is 77.8 Å². The van der Waals surface area contributed by atoms with Crippen LogP contribution in [-0.2, 0) is 16.3 Å². The van der Waals surface area contributed by atoms with Gasteiger partial charge in [-0.05, 0) is 137 Å². The number of unbranched alkanes of at least 4 members (excludes halogenated alkanes) is 2. The maximum atomic E-state index is 13.1. The third-order valence-electron chi connectivity index (χ3n) is 12.3. The largest absolute Gasteiger partial charge is 0.508 e. The fourth-order valence-corrected chi connectivity index (χ4v) is 11.1. The summed E-state index contributed by atoms with van der Waals surface area (Å²) in [6, 6.07) is 5.90. The number of hydrogen-bond donors (Lipinski definition) is 2. The maximum Gasteiger partial charge on any atom is 0.453 e. The minimum absolute atomic E-state index is 0.119. The van der Waals surface area contributed by atoms with Gasteiger partial charge in [-0.2, -0.15) is 22.0 Å². The van der Waals surface area contributed by atoms with E-state index in [1.807, 2.05) is 24.1 Å². The van der Waals surface area contributed by atoms with Gasteiger partial charge in [-0.15, -0.1) is 0 Å². The molecule has 1 aromatic carbocycles. The molecule has 0 amide bonds. The summed E-state index contributed by atoms with van der Waals surface area (Å²) in [4.78, 5) is 2.05. The lowest BCUT2D eigenvalue weighted by molar-refractivity contribution is -0.284. The van der Waals surface area contributed by atoms with Crippen LogP contribution in [0.4, 0.5) is 22.0 Å². The Balaban J connectivity index is 1.07. The fourth-order valence-electron chi connectivity index (χ4n) is 9.71. The van der Waals surface area contributed by atoms with Crippen LogP contribution in [0.15, 0.2) is 18.2 Å². The van der Waals surface area contributed by atoms with E-state index >= 15 is 0 Å². The molecule has 5 rings (SSSR count). The van der Waals surface area contributed by atoms with Crippen molar-refractivity contribution in [2.75, 3.05) is 31.6 Å². The van der Waals surface area contributed by atoms with Gasteiger partial charge >= 0.3 is 12.1 Å². The van der Waals surface area contributed by atoms with Gasteiger partial charge in [-0.1, -0.05) is 25.8 Å². The van der Waals surface area contributed by atoms with Crippen LogP contribution in [0.2, 0.25) is 0 Å². The summed E-state index contributed by atoms with van der Waals surface area (Å²) >= 11 is 0. The number of hydrogen-bond acceptors (Lipinski definition) is 5. The van der Waals surface area contributed by atoms with E-state index in [0.717, 1.165) is 70.8 Å². The highest BCUT2D eigenvalue weighted by molar-refractivity contribution is 7.91. The Morgan fingerprint density at radius 2 is 1.67 bits per heavy atom. The van der Waals surface area contributed by atoms with E-state index in [9.17, 15) is 40.6 Å². The SMILES string of the molecule is CN(CCCCCC1Cc2cc(O)ccc2C2CC[C@@]3(C)C(C[C@@H](O)C34CC4)C12)CCCS(=O)(=O)CCCC(F)(F)C(F)(F)F. The van der Waals surface area contributed by atoms with Gasteiger partial charge < -0.3 is 15.1 Å². The quantitative estimate of drug-likeness (QED) is 0.159. The minimum Gasteiger partial charge on any atom is -0.508 e. The molecule has 3 saturated carbocycles. The van der Waals surface area contributed by atoms with Gasteiger partial charge in [0, 0.05) is 11.8 Å². The first kappa shape index (κ1) is 34.9. The molecular weight excluding hydrogens is 613 g/mol. The number of sulfone groups is 1. The summed E-state index contributed by atoms with van der Waals surface area (Å²) in [6.45, 7) is 3.75. The van der Waals surface area contributed by atoms with Gasteiger partial charge in [0.15, 0.2) is 0 Å². The number of alkyl halides is 5. The zero-order valence-corrected chi connectivity index (χ0v) is 27.4. The van der Waals surface area contributed by atoms with E-state index < -0.39 is 40.5 Å². The van der Waals surface area contributed by atoms with Gasteiger partial charge in [-0.25, -0.2) is 8.42 Å². The van der Waals surface area contributed by atoms with E-state index in [-0.39, 0.29) is 22.7 Å². The van der Waals surface area contributed by atoms with Crippen molar-refractivity contribution in [3.05, 3.63) is 29.3 Å². The van der Waals surface area contributed by atoms with Crippen LogP contribution in [0, 0.1) is 28.6 Å². The van der Waals surface area contributed by atoms with Crippen molar-refractivity contribution < 1.29 is 40.6 Å². The molecule has 2 N–H and O–H groups in total. The van der Waals surface area contributed by atoms with Crippen molar-refractivity contribution in [1.29, 1.82) is 0 Å². The van der Waals surface area contributed by atoms with Crippen LogP contribution in [0.1, 0.15) is 101 Å². The van der Waals surface area contributed by atoms with Crippen LogP contribution < -0.4 is 0 Å². The number of aliphatic hydroxyl groups excluding tert-OH is 1. The number of phenols is 1. The summed E-state index contributed by atoms with van der Waals surface area (Å²) in [6.07, 6.45) is 2.82. The zero-order chi connectivity index (χ0) is 32.8. The molecule has 4 aliphatic carbocycles. The highest BCUT2D eigenvalue weighted by Crippen LogP contribution is 2.76. The van der Waals surface area contributed by atoms with Gasteiger partial charge in [0.1, 0.15) is 15.6 Å². The van der Waals surface area contributed by atoms with E-state index in [1.54, 1.807) is 0 Å². The molecule has 4 aliphatic rings. The summed E-state index contributed by atoms with van der Waals surface area (Å²) in [7, 11) is -1.79. The molecule has 0 aromatic heterocycles. The van der Waals surface area contributed by atoms with Crippen LogP contribution in [0.25, 0.3) is 0 Å². The second kappa shape index (κ2) is 12.9. The number of halogens is 5. The van der Waals surface area contributed by atoms with E-state index in [0.29, 0.717) is 42.4 Å². The molecule has 3 fully saturated rings. The standard InChI is InChI=1S/C34H50F5NO4S/c1-31-13-11-27-26-10-9-25(41)21-24(26)20-23(30(27)28(31)22-29(42)32(31)14-15-32)8-4-3-5-16-40(2)17-7-19-45(43,44)18-6-12-33(35,36)34(37,38)39/h9-10,21,23,27-30,41-42H,3-8,11-20,22H2,1-2H3/t23?,27?,28?,29-,30?,31+/m1/s1. The van der Waals surface area contributed by atoms with Crippen LogP contribution in [0.5, 0.6) is 5.75 Å². The molecule has 1 spiro atoms. The highest BCUT2D eigenvalue weighted by atomic mass is 32.2. The Bertz CT molecular complexity index is 1300. The summed E-state index contributed by atoms with van der Waals surface area (Å²) in [5.41, 5.74) is 2.98. The molecule has 0 aliphatic heterocycles. The molecule has 45 heavy (non-hydrogen) atoms. The van der Waals surface area contributed by atoms with Crippen molar-refractivity contribution in [2.24, 2.45) is 28.6 Å². The predicted molar refractivity (Wildman–Crippen MR) is 164 cm³/mol. The first-order chi connectivity index (χ1) is 21.0. The second-order valence-electron chi connectivity index (χ2n) is 15.0. The van der Waals surface area contributed by atoms with Crippen molar-refractivity contribution in [3.8, 4) is 5.75 Å². The molecule has 6 atom stereocenters. The third-order valence-corrected chi connectivity index (χ3v) is 14.1. The molecule has 0 heterocycles. The van der Waals surface area contributed by atoms with Crippen molar-refractivity contribution in [2.45, 2.75) is 115 Å². The number of aliphatic hydroxyl groups is 1. The number of fused-ring (bicyclic) bond motifs is 6. The predicted octanol–water partition coefficient (Wildman–Crippen LogP) is 7.50. The number of aromatic hydroxyl groups is 1. The lowest BCUT2D eigenvalue weighted by Gasteiger charge is -2.54. The number of rotatable bonds is 14. The Morgan fingerprint density at radius 3 is 2.36 bits per heavy atom. The third kappa shape index (κ3) is 7.06. The lowest BCUT2D eigenvalue weighted by Crippen LogP contribution is -2.46. The number of benzene rings is 1. The maximum absolute atomic E-state index is 13.1. The van der Waals surface area contributed by atoms with Crippen LogP contribution in [0.3, 0.4) is 0 Å². The fraction of sp³-hybridized carbons (Fsp3) is 0.824. The molecule has 0 saturated heterocycles. The minimum atomic E-state index is -5.66. The first-order valence-electron chi connectivity index (χ1n) is 16.8. The Kier molecular flexibility index (Phi) is 9.97. The second-order valence-corrected chi connectivity index (χ2v) is 17.3. The van der Waals surface area contributed by atoms with E-state index in [2.05, 4.69) is 13.0 Å². The molecule has 11 heteroatoms. The molecule has 0 bridgehead atoms. The average molecular weight is 664 g/mol. The molecule has 256 valence electrons. The summed E-state index contributed by atoms with van der Waals surface area (Å²) < 4.78 is 87.4. The van der Waals surface area contributed by atoms with Gasteiger partial charge in [-0.3, -0.25) is 0 Å². The van der Waals surface area contributed by atoms with Crippen LogP contribution >= 0.6 is 0 Å². The monoisotopic (exact) mass is 663 g/mol. The Morgan fingerprint density at radius 1 is 0.978 bits per heavy atom. The molecular formula is C34H50F5NO4S. The average Bonchev–Trinajstić information content (AvgIpc) is 3.72. The van der Waals surface area contributed by atoms with E-state index in [1.165, 1.54) is 11.1 Å². The Labute approximate surface area is 264 Å². The zero-order valence-electron chi connectivity index (χ0n) is 26.6. The number of nitrogens with zero attached hydrogens (tertiary/aromatic N) is 1. The van der Waals surface area contributed by atoms with Crippen molar-refractivity contribution in [3.63, 3.8) is 0 Å². The van der Waals surface area contributed by atoms with E-state index in [4.69, 9.17) is 0 Å². The van der Waals surface area contributed by atoms with Gasteiger partial charge in [0.2, 0.25) is 0 Å². The molecule has 1 aromatic rings. The smallest absolute Gasteiger partial charge is 0.453 e. The lowest BCUT2D eigenvalue weighted by atomic mass is 9.50. The highest BCUT2D eigenvalue weighted by Gasteiger charge is 2.71. The number of phenolic OH excluding ortho intramolecular Hbond substituents is 1. The summed E-state index contributed by atoms with van der Waals surface area (Å²) in [5, 5.41) is 21.4. The van der Waals surface area contributed by atoms with Crippen LogP contribution in [-0.4, -0.2) is 73.4 Å². The Hall–Kier alpha value is -1.46. The van der Waals surface area contributed by atoms with Gasteiger partial charge in [0.05, 0.1) is 17.6 Å². The van der Waals surface area contributed by atoms with Crippen molar-refractivity contribution >= 4 is 9.84 Å². The van der Waals surface area contributed by atoms with Crippen molar-refractivity contribution in [1.82, 2.24) is 4.90 Å². The normalized spacial score (nSPS) is 30.7. The van der Waals surface area contributed by atoms with Gasteiger partial charge in [0.25, 0.3) is 0 Å².